The number of hydrogen-bond donors (Lipinski definition) is 7. The molecule has 0 saturated heterocycles. The molecule has 0 bridgehead atoms. The minimum atomic E-state index is -1.62. The van der Waals surface area contributed by atoms with E-state index in [2.05, 4.69) is 25.0 Å². The Balaban J connectivity index is 0.000000410. The Morgan fingerprint density at radius 1 is 1.34 bits per heavy atom. The molecule has 0 fully saturated rings. The third kappa shape index (κ3) is 12.9. The predicted octanol–water partition coefficient (Wildman–Crippen LogP) is -1.16. The lowest BCUT2D eigenvalue weighted by atomic mass is 10.1. The lowest BCUT2D eigenvalue weighted by Gasteiger charge is -2.18. The minimum absolute atomic E-state index is 0.409. The number of carboxylic acids is 1. The van der Waals surface area contributed by atoms with Crippen molar-refractivity contribution < 1.29 is 53.6 Å². The number of rotatable bonds is 16. The number of aliphatic hydroxyl groups is 3. The zero-order valence-electron chi connectivity index (χ0n) is 22.6. The Kier molecular flexibility index (Phi) is 15.2. The topological polar surface area (TPSA) is 260 Å². The Morgan fingerprint density at radius 2 is 2.00 bits per heavy atom. The maximum absolute atomic E-state index is 11.5. The molecule has 0 saturated carbocycles. The molecule has 0 aromatic carbocycles. The number of aliphatic carboxylic acids is 1. The summed E-state index contributed by atoms with van der Waals surface area (Å²) in [5.74, 6) is -1.67. The van der Waals surface area contributed by atoms with Crippen molar-refractivity contribution in [2.75, 3.05) is 40.0 Å². The van der Waals surface area contributed by atoms with Crippen LogP contribution in [-0.4, -0.2) is 106 Å². The Morgan fingerprint density at radius 3 is 2.56 bits per heavy atom. The molecule has 18 heteroatoms. The molecule has 0 spiro atoms. The summed E-state index contributed by atoms with van der Waals surface area (Å²) in [6, 6.07) is 2.45. The number of nitrogens with zero attached hydrogens (tertiary/aromatic N) is 2. The van der Waals surface area contributed by atoms with Gasteiger partial charge in [-0.15, -0.1) is 0 Å². The van der Waals surface area contributed by atoms with Crippen molar-refractivity contribution in [3.63, 3.8) is 0 Å². The highest BCUT2D eigenvalue weighted by molar-refractivity contribution is 7.98. The first kappa shape index (κ1) is 35.2. The van der Waals surface area contributed by atoms with Gasteiger partial charge >= 0.3 is 17.9 Å². The first-order valence-corrected chi connectivity index (χ1v) is 13.1. The highest BCUT2D eigenvalue weighted by Crippen LogP contribution is 2.25. The summed E-state index contributed by atoms with van der Waals surface area (Å²) in [6.07, 6.45) is -3.00. The molecule has 1 aromatic rings. The molecule has 1 aliphatic rings. The summed E-state index contributed by atoms with van der Waals surface area (Å²) in [7, 11) is 5.64. The molecule has 8 N–H and O–H groups in total. The van der Waals surface area contributed by atoms with Crippen LogP contribution in [0.2, 0.25) is 0 Å². The van der Waals surface area contributed by atoms with Crippen molar-refractivity contribution in [2.24, 2.45) is 5.73 Å². The van der Waals surface area contributed by atoms with Gasteiger partial charge in [-0.05, 0) is 26.2 Å². The van der Waals surface area contributed by atoms with E-state index < -0.39 is 65.6 Å². The summed E-state index contributed by atoms with van der Waals surface area (Å²) >= 11 is 1.72. The fraction of sp³-hybridized carbons (Fsp3) is 0.522. The maximum Gasteiger partial charge on any atom is 0.378 e. The van der Waals surface area contributed by atoms with Gasteiger partial charge in [0.2, 0.25) is 11.5 Å². The normalized spacial score (nSPS) is 16.4. The molecule has 0 amide bonds. The second kappa shape index (κ2) is 17.8. The van der Waals surface area contributed by atoms with Gasteiger partial charge < -0.3 is 55.6 Å². The minimum Gasteiger partial charge on any atom is -0.499 e. The number of nitrogens with two attached hydrogens (primary N) is 1. The summed E-state index contributed by atoms with van der Waals surface area (Å²) in [5, 5.41) is 52.0. The van der Waals surface area contributed by atoms with Gasteiger partial charge in [0.15, 0.2) is 11.9 Å². The smallest absolute Gasteiger partial charge is 0.378 e. The van der Waals surface area contributed by atoms with E-state index in [1.165, 1.54) is 0 Å². The van der Waals surface area contributed by atoms with E-state index in [-0.39, 0.29) is 0 Å². The Bertz CT molecular complexity index is 1110. The molecule has 0 radical (unpaired) electrons. The van der Waals surface area contributed by atoms with Gasteiger partial charge in [-0.3, -0.25) is 14.9 Å². The van der Waals surface area contributed by atoms with Crippen molar-refractivity contribution in [1.82, 2.24) is 15.5 Å². The van der Waals surface area contributed by atoms with Gasteiger partial charge in [0, 0.05) is 19.3 Å². The molecule has 41 heavy (non-hydrogen) atoms. The first-order chi connectivity index (χ1) is 19.3. The van der Waals surface area contributed by atoms with Crippen LogP contribution in [0, 0.1) is 10.1 Å². The summed E-state index contributed by atoms with van der Waals surface area (Å²) < 4.78 is 14.8. The molecule has 0 unspecified atom stereocenters. The number of carbonyl (C=O) groups excluding carboxylic acids is 2. The third-order valence-electron chi connectivity index (χ3n) is 4.86. The van der Waals surface area contributed by atoms with Crippen LogP contribution in [0.25, 0.3) is 0 Å². The lowest BCUT2D eigenvalue weighted by molar-refractivity contribution is -0.404. The van der Waals surface area contributed by atoms with Crippen LogP contribution >= 0.6 is 11.8 Å². The fourth-order valence-corrected chi connectivity index (χ4v) is 3.75. The number of ether oxygens (including phenoxy) is 2. The van der Waals surface area contributed by atoms with Crippen molar-refractivity contribution in [3.05, 3.63) is 57.3 Å². The Labute approximate surface area is 239 Å². The zero-order chi connectivity index (χ0) is 31.1. The average molecular weight is 606 g/mol. The van der Waals surface area contributed by atoms with Crippen molar-refractivity contribution in [2.45, 2.75) is 37.0 Å². The molecule has 3 atom stereocenters. The van der Waals surface area contributed by atoms with Crippen molar-refractivity contribution in [3.8, 4) is 0 Å². The number of cyclic esters (lactones) is 1. The molecule has 1 aliphatic heterocycles. The van der Waals surface area contributed by atoms with Crippen molar-refractivity contribution >= 4 is 29.7 Å². The third-order valence-corrected chi connectivity index (χ3v) is 5.84. The van der Waals surface area contributed by atoms with Gasteiger partial charge in [0.25, 0.3) is 6.20 Å². The van der Waals surface area contributed by atoms with Crippen LogP contribution in [0.3, 0.4) is 0 Å². The van der Waals surface area contributed by atoms with Crippen LogP contribution in [0.5, 0.6) is 0 Å². The van der Waals surface area contributed by atoms with Crippen LogP contribution in [0.4, 0.5) is 0 Å². The second-order valence-electron chi connectivity index (χ2n) is 8.58. The second-order valence-corrected chi connectivity index (χ2v) is 9.68. The number of carboxylic acid groups (broad SMARTS) is 1. The molecule has 230 valence electrons. The SMILES string of the molecule is CNC(=C[N+](=O)[O-])NCCSCc1ccc(CN(C)C)o1.N[C@@H](CC(=O)O)C(=O)OC1=C(O)C(=O)O[C@@H]1[C@@H](O)CO. The van der Waals surface area contributed by atoms with Crippen LogP contribution < -0.4 is 16.4 Å². The molecular weight excluding hydrogens is 570 g/mol. The van der Waals surface area contributed by atoms with Crippen LogP contribution in [-0.2, 0) is 36.2 Å². The van der Waals surface area contributed by atoms with Crippen molar-refractivity contribution in [1.29, 1.82) is 0 Å². The lowest BCUT2D eigenvalue weighted by Crippen LogP contribution is -2.38. The van der Waals surface area contributed by atoms with E-state index in [0.29, 0.717) is 12.4 Å². The largest absolute Gasteiger partial charge is 0.499 e. The monoisotopic (exact) mass is 605 g/mol. The number of thioether (sulfide) groups is 1. The first-order valence-electron chi connectivity index (χ1n) is 12.0. The molecule has 2 rings (SSSR count). The number of nitro groups is 1. The quantitative estimate of drug-likeness (QED) is 0.0507. The molecule has 2 heterocycles. The molecule has 0 aliphatic carbocycles. The van der Waals surface area contributed by atoms with E-state index in [1.807, 2.05) is 26.2 Å². The van der Waals surface area contributed by atoms with E-state index >= 15 is 0 Å². The van der Waals surface area contributed by atoms with E-state index in [0.717, 1.165) is 35.8 Å². The van der Waals surface area contributed by atoms with E-state index in [9.17, 15) is 34.7 Å². The van der Waals surface area contributed by atoms with Gasteiger partial charge in [0.05, 0.1) is 30.2 Å². The summed E-state index contributed by atoms with van der Waals surface area (Å²) in [5.41, 5.74) is 5.23. The summed E-state index contributed by atoms with van der Waals surface area (Å²) in [6.45, 7) is 0.618. The number of furan rings is 1. The Hall–Kier alpha value is -3.84. The fourth-order valence-electron chi connectivity index (χ4n) is 3.00. The average Bonchev–Trinajstić information content (AvgIpc) is 3.45. The number of nitrogens with one attached hydrogen (secondary N) is 2. The summed E-state index contributed by atoms with van der Waals surface area (Å²) in [4.78, 5) is 44.9. The number of hydrogen-bond acceptors (Lipinski definition) is 16. The van der Waals surface area contributed by atoms with Crippen LogP contribution in [0.1, 0.15) is 17.9 Å². The van der Waals surface area contributed by atoms with E-state index in [4.69, 9.17) is 20.4 Å². The number of esters is 2. The molecule has 17 nitrogen and oxygen atoms in total. The standard InChI is InChI=1S/C13H22N4O3S.C10H13NO9/c1-14-13(9-17(18)19)15-6-7-21-10-12-5-4-11(20-12)8-16(2)3;11-3(1-5(14)15)9(17)20-8-6(16)10(18)19-7(8)4(13)2-12/h4-5,9,14-15H,6-8,10H2,1-3H3;3-4,7,12-13,16H,1-2,11H2,(H,14,15)/t;3-,4-,7+/m.0/s1. The van der Waals surface area contributed by atoms with Gasteiger partial charge in [-0.2, -0.15) is 11.8 Å². The van der Waals surface area contributed by atoms with E-state index in [1.54, 1.807) is 18.8 Å². The highest BCUT2D eigenvalue weighted by Gasteiger charge is 2.42. The zero-order valence-corrected chi connectivity index (χ0v) is 23.5. The van der Waals surface area contributed by atoms with Gasteiger partial charge in [-0.25, -0.2) is 9.59 Å². The predicted molar refractivity (Wildman–Crippen MR) is 143 cm³/mol. The number of carbonyl (C=O) groups is 3. The molecular formula is C23H35N5O12S. The van der Waals surface area contributed by atoms with Gasteiger partial charge in [0.1, 0.15) is 23.7 Å². The van der Waals surface area contributed by atoms with Gasteiger partial charge in [-0.1, -0.05) is 0 Å². The van der Waals surface area contributed by atoms with Crippen LogP contribution in [0.15, 0.2) is 40.1 Å². The maximum atomic E-state index is 11.5. The molecule has 1 aromatic heterocycles. The number of aliphatic hydroxyl groups excluding tert-OH is 3. The highest BCUT2D eigenvalue weighted by atomic mass is 32.2.